The summed E-state index contributed by atoms with van der Waals surface area (Å²) in [6, 6.07) is 4.66. The number of pyridine rings is 1. The van der Waals surface area contributed by atoms with Crippen LogP contribution in [0.15, 0.2) is 18.3 Å². The topological polar surface area (TPSA) is 52.5 Å². The van der Waals surface area contributed by atoms with Gasteiger partial charge in [0.05, 0.1) is 0 Å². The number of fused-ring (bicyclic) bond motifs is 1. The van der Waals surface area contributed by atoms with Crippen molar-refractivity contribution in [2.45, 2.75) is 0 Å². The van der Waals surface area contributed by atoms with Gasteiger partial charge in [0.25, 0.3) is 0 Å². The molecule has 12 heavy (non-hydrogen) atoms. The molecule has 0 atom stereocenters. The Balaban J connectivity index is 2.84. The van der Waals surface area contributed by atoms with E-state index in [4.69, 9.17) is 5.26 Å². The van der Waals surface area contributed by atoms with Gasteiger partial charge in [-0.3, -0.25) is 0 Å². The van der Waals surface area contributed by atoms with E-state index in [1.807, 2.05) is 0 Å². The Morgan fingerprint density at radius 3 is 3.17 bits per heavy atom. The zero-order chi connectivity index (χ0) is 8.55. The molecule has 0 aliphatic heterocycles. The summed E-state index contributed by atoms with van der Waals surface area (Å²) < 4.78 is 12.9. The maximum atomic E-state index is 12.9. The molecule has 2 rings (SSSR count). The number of aromatic nitrogens is 2. The molecular weight excluding hydrogens is 157 g/mol. The first kappa shape index (κ1) is 6.80. The molecule has 4 heteroatoms. The second-order valence-electron chi connectivity index (χ2n) is 2.35. The molecule has 2 aromatic rings. The fourth-order valence-corrected chi connectivity index (χ4v) is 1.03. The molecule has 0 saturated carbocycles. The van der Waals surface area contributed by atoms with E-state index >= 15 is 0 Å². The fourth-order valence-electron chi connectivity index (χ4n) is 1.03. The molecule has 3 nitrogen and oxygen atoms in total. The maximum absolute atomic E-state index is 12.9. The number of aromatic amines is 1. The van der Waals surface area contributed by atoms with Crippen molar-refractivity contribution in [3.8, 4) is 6.07 Å². The number of nitrogens with zero attached hydrogens (tertiary/aromatic N) is 2. The van der Waals surface area contributed by atoms with Crippen molar-refractivity contribution in [3.05, 3.63) is 29.8 Å². The number of halogens is 1. The van der Waals surface area contributed by atoms with Crippen molar-refractivity contribution in [1.82, 2.24) is 9.97 Å². The van der Waals surface area contributed by atoms with E-state index in [9.17, 15) is 4.39 Å². The van der Waals surface area contributed by atoms with Crippen LogP contribution in [-0.4, -0.2) is 9.97 Å². The summed E-state index contributed by atoms with van der Waals surface area (Å²) in [5.41, 5.74) is 0.359. The molecule has 0 radical (unpaired) electrons. The molecule has 0 spiro atoms. The minimum absolute atomic E-state index is 0.176. The Morgan fingerprint density at radius 2 is 2.42 bits per heavy atom. The first-order valence-electron chi connectivity index (χ1n) is 3.35. The quantitative estimate of drug-likeness (QED) is 0.637. The molecule has 0 aliphatic carbocycles. The van der Waals surface area contributed by atoms with Crippen molar-refractivity contribution in [1.29, 1.82) is 5.26 Å². The molecular formula is C8H4FN3. The number of nitrogens with one attached hydrogen (secondary N) is 1. The van der Waals surface area contributed by atoms with E-state index in [1.54, 1.807) is 18.3 Å². The largest absolute Gasteiger partial charge is 0.346 e. The molecule has 0 unspecified atom stereocenters. The number of hydrogen-bond donors (Lipinski definition) is 1. The van der Waals surface area contributed by atoms with Crippen molar-refractivity contribution in [3.63, 3.8) is 0 Å². The van der Waals surface area contributed by atoms with Crippen molar-refractivity contribution < 1.29 is 4.39 Å². The molecule has 0 aromatic carbocycles. The van der Waals surface area contributed by atoms with Gasteiger partial charge >= 0.3 is 0 Å². The third-order valence-corrected chi connectivity index (χ3v) is 1.59. The molecule has 0 aliphatic rings. The van der Waals surface area contributed by atoms with Crippen LogP contribution in [0.2, 0.25) is 0 Å². The Hall–Kier alpha value is -1.89. The summed E-state index contributed by atoms with van der Waals surface area (Å²) in [6.07, 6.45) is 1.65. The Labute approximate surface area is 67.5 Å². The van der Waals surface area contributed by atoms with E-state index in [0.29, 0.717) is 11.0 Å². The van der Waals surface area contributed by atoms with Gasteiger partial charge in [-0.1, -0.05) is 0 Å². The lowest BCUT2D eigenvalue weighted by atomic mass is 10.3. The Bertz CT molecular complexity index is 467. The third-order valence-electron chi connectivity index (χ3n) is 1.59. The third kappa shape index (κ3) is 0.839. The van der Waals surface area contributed by atoms with E-state index < -0.39 is 5.82 Å². The molecule has 58 valence electrons. The number of nitriles is 1. The number of rotatable bonds is 0. The van der Waals surface area contributed by atoms with Gasteiger partial charge in [-0.25, -0.2) is 9.37 Å². The summed E-state index contributed by atoms with van der Waals surface area (Å²) in [7, 11) is 0. The lowest BCUT2D eigenvalue weighted by Crippen LogP contribution is -1.88. The fraction of sp³-hybridized carbons (Fsp3) is 0. The van der Waals surface area contributed by atoms with Crippen LogP contribution in [0.5, 0.6) is 0 Å². The lowest BCUT2D eigenvalue weighted by Gasteiger charge is -1.91. The van der Waals surface area contributed by atoms with Crippen LogP contribution in [-0.2, 0) is 0 Å². The summed E-state index contributed by atoms with van der Waals surface area (Å²) in [5, 5.41) is 9.12. The van der Waals surface area contributed by atoms with Gasteiger partial charge in [-0.05, 0) is 12.1 Å². The zero-order valence-corrected chi connectivity index (χ0v) is 6.00. The van der Waals surface area contributed by atoms with Gasteiger partial charge in [0.15, 0.2) is 11.5 Å². The van der Waals surface area contributed by atoms with Crippen LogP contribution in [0, 0.1) is 17.1 Å². The second-order valence-corrected chi connectivity index (χ2v) is 2.35. The van der Waals surface area contributed by atoms with Crippen LogP contribution >= 0.6 is 0 Å². The first-order valence-corrected chi connectivity index (χ1v) is 3.35. The smallest absolute Gasteiger partial charge is 0.178 e. The van der Waals surface area contributed by atoms with Crippen molar-refractivity contribution >= 4 is 11.0 Å². The SMILES string of the molecule is N#Cc1nc2[nH]ccc2cc1F. The van der Waals surface area contributed by atoms with Gasteiger partial charge in [0, 0.05) is 11.6 Å². The van der Waals surface area contributed by atoms with Crippen LogP contribution < -0.4 is 0 Å². The highest BCUT2D eigenvalue weighted by Gasteiger charge is 2.05. The second kappa shape index (κ2) is 2.31. The van der Waals surface area contributed by atoms with Crippen molar-refractivity contribution in [2.24, 2.45) is 0 Å². The summed E-state index contributed by atoms with van der Waals surface area (Å²) >= 11 is 0. The lowest BCUT2D eigenvalue weighted by molar-refractivity contribution is 0.619. The molecule has 2 heterocycles. The van der Waals surface area contributed by atoms with Crippen LogP contribution in [0.1, 0.15) is 5.69 Å². The van der Waals surface area contributed by atoms with Gasteiger partial charge < -0.3 is 4.98 Å². The molecule has 2 aromatic heterocycles. The number of H-pyrrole nitrogens is 1. The highest BCUT2D eigenvalue weighted by Crippen LogP contribution is 2.13. The summed E-state index contributed by atoms with van der Waals surface area (Å²) in [6.45, 7) is 0. The predicted octanol–water partition coefficient (Wildman–Crippen LogP) is 1.57. The maximum Gasteiger partial charge on any atom is 0.178 e. The number of hydrogen-bond acceptors (Lipinski definition) is 2. The van der Waals surface area contributed by atoms with Crippen LogP contribution in [0.25, 0.3) is 11.0 Å². The van der Waals surface area contributed by atoms with Crippen molar-refractivity contribution in [2.75, 3.05) is 0 Å². The molecule has 0 fully saturated rings. The predicted molar refractivity (Wildman–Crippen MR) is 40.8 cm³/mol. The molecule has 0 saturated heterocycles. The standard InChI is InChI=1S/C8H4FN3/c9-6-3-5-1-2-11-8(5)12-7(6)4-10/h1-3H,(H,11,12). The van der Waals surface area contributed by atoms with Gasteiger partial charge in [-0.15, -0.1) is 0 Å². The Morgan fingerprint density at radius 1 is 1.58 bits per heavy atom. The monoisotopic (exact) mass is 161 g/mol. The highest BCUT2D eigenvalue weighted by atomic mass is 19.1. The van der Waals surface area contributed by atoms with Crippen LogP contribution in [0.3, 0.4) is 0 Å². The minimum atomic E-state index is -0.579. The van der Waals surface area contributed by atoms with Crippen LogP contribution in [0.4, 0.5) is 4.39 Å². The minimum Gasteiger partial charge on any atom is -0.346 e. The summed E-state index contributed by atoms with van der Waals surface area (Å²) in [4.78, 5) is 6.55. The van der Waals surface area contributed by atoms with E-state index in [2.05, 4.69) is 9.97 Å². The van der Waals surface area contributed by atoms with E-state index in [0.717, 1.165) is 0 Å². The van der Waals surface area contributed by atoms with E-state index in [-0.39, 0.29) is 5.69 Å². The molecule has 1 N–H and O–H groups in total. The average molecular weight is 161 g/mol. The van der Waals surface area contributed by atoms with Gasteiger partial charge in [0.1, 0.15) is 11.7 Å². The van der Waals surface area contributed by atoms with E-state index in [1.165, 1.54) is 6.07 Å². The van der Waals surface area contributed by atoms with Gasteiger partial charge in [-0.2, -0.15) is 5.26 Å². The molecule has 0 amide bonds. The normalized spacial score (nSPS) is 10.0. The van der Waals surface area contributed by atoms with Gasteiger partial charge in [0.2, 0.25) is 0 Å². The summed E-state index contributed by atoms with van der Waals surface area (Å²) in [5.74, 6) is -0.579. The highest BCUT2D eigenvalue weighted by molar-refractivity contribution is 5.75. The Kier molecular flexibility index (Phi) is 1.31. The average Bonchev–Trinajstić information content (AvgIpc) is 2.49. The first-order chi connectivity index (χ1) is 5.81. The molecule has 0 bridgehead atoms. The zero-order valence-electron chi connectivity index (χ0n) is 6.00.